The van der Waals surface area contributed by atoms with E-state index < -0.39 is 63.2 Å². The third-order valence-corrected chi connectivity index (χ3v) is 10.8. The number of aromatic hydroxyl groups is 1. The first-order valence-electron chi connectivity index (χ1n) is 15.8. The molecule has 0 spiro atoms. The van der Waals surface area contributed by atoms with Crippen molar-refractivity contribution < 1.29 is 38.9 Å². The molecule has 1 aromatic heterocycles. The summed E-state index contributed by atoms with van der Waals surface area (Å²) in [6.45, 7) is 6.49. The number of β-lactam (4-membered cyclic amide) rings is 1. The summed E-state index contributed by atoms with van der Waals surface area (Å²) in [6, 6.07) is 6.28. The Bertz CT molecular complexity index is 1890. The first kappa shape index (κ1) is 34.2. The van der Waals surface area contributed by atoms with Crippen LogP contribution >= 0.6 is 11.8 Å². The van der Waals surface area contributed by atoms with E-state index in [9.17, 15) is 43.7 Å². The Hall–Kier alpha value is -4.67. The van der Waals surface area contributed by atoms with Gasteiger partial charge in [0.2, 0.25) is 17.2 Å². The molecule has 14 nitrogen and oxygen atoms in total. The predicted octanol–water partition coefficient (Wildman–Crippen LogP) is 1.61. The largest absolute Gasteiger partial charge is 0.508 e. The smallest absolute Gasteiger partial charge is 0.341 e. The van der Waals surface area contributed by atoms with Gasteiger partial charge in [-0.2, -0.15) is 0 Å². The highest BCUT2D eigenvalue weighted by atomic mass is 32.2. The number of hydrogen-bond acceptors (Lipinski definition) is 10. The Morgan fingerprint density at radius 2 is 1.73 bits per heavy atom. The molecule has 7 N–H and O–H groups in total. The van der Waals surface area contributed by atoms with Gasteiger partial charge in [-0.05, 0) is 56.5 Å². The van der Waals surface area contributed by atoms with Gasteiger partial charge in [0, 0.05) is 48.6 Å². The van der Waals surface area contributed by atoms with E-state index in [4.69, 9.17) is 5.73 Å². The molecule has 2 amide bonds. The van der Waals surface area contributed by atoms with Crippen LogP contribution in [0.15, 0.2) is 47.4 Å². The highest BCUT2D eigenvalue weighted by Crippen LogP contribution is 2.50. The molecule has 1 aliphatic carbocycles. The summed E-state index contributed by atoms with van der Waals surface area (Å²) in [5, 5.41) is 33.5. The van der Waals surface area contributed by atoms with Crippen LogP contribution in [0.3, 0.4) is 0 Å². The van der Waals surface area contributed by atoms with E-state index in [0.717, 1.165) is 25.9 Å². The van der Waals surface area contributed by atoms with Gasteiger partial charge in [0.1, 0.15) is 40.6 Å². The fourth-order valence-corrected chi connectivity index (χ4v) is 8.16. The fraction of sp³-hybridized carbons (Fsp3) is 0.424. The molecule has 4 atom stereocenters. The number of carbonyl (C=O) groups excluding carboxylic acids is 2. The van der Waals surface area contributed by atoms with Crippen LogP contribution in [0.4, 0.5) is 10.1 Å². The highest BCUT2D eigenvalue weighted by molar-refractivity contribution is 8.01. The van der Waals surface area contributed by atoms with E-state index in [1.54, 1.807) is 19.9 Å². The number of amides is 2. The second-order valence-electron chi connectivity index (χ2n) is 13.0. The van der Waals surface area contributed by atoms with Gasteiger partial charge < -0.3 is 46.1 Å². The number of aromatic carboxylic acids is 1. The van der Waals surface area contributed by atoms with Gasteiger partial charge in [-0.3, -0.25) is 14.4 Å². The average molecular weight is 697 g/mol. The Balaban J connectivity index is 0.000000170. The number of pyridine rings is 1. The number of thioether (sulfide) groups is 1. The summed E-state index contributed by atoms with van der Waals surface area (Å²) in [4.78, 5) is 63.2. The third kappa shape index (κ3) is 6.43. The summed E-state index contributed by atoms with van der Waals surface area (Å²) < 4.78 is 15.8. The topological polar surface area (TPSA) is 208 Å². The molecule has 0 unspecified atom stereocenters. The van der Waals surface area contributed by atoms with Crippen molar-refractivity contribution in [2.45, 2.75) is 61.0 Å². The minimum absolute atomic E-state index is 0.0606. The van der Waals surface area contributed by atoms with Gasteiger partial charge in [-0.15, -0.1) is 11.8 Å². The summed E-state index contributed by atoms with van der Waals surface area (Å²) in [7, 11) is 0. The number of rotatable bonds is 7. The monoisotopic (exact) mass is 696 g/mol. The number of piperazine rings is 1. The molecule has 1 saturated carbocycles. The molecule has 3 aliphatic heterocycles. The number of nitrogens with zero attached hydrogens (tertiary/aromatic N) is 3. The number of benzene rings is 2. The van der Waals surface area contributed by atoms with Crippen LogP contribution in [0.2, 0.25) is 0 Å². The second kappa shape index (κ2) is 13.0. The van der Waals surface area contributed by atoms with Crippen LogP contribution in [-0.4, -0.2) is 96.9 Å². The molecule has 0 bridgehead atoms. The highest BCUT2D eigenvalue weighted by Gasteiger charge is 2.64. The third-order valence-electron chi connectivity index (χ3n) is 9.24. The number of nitrogens with two attached hydrogens (primary N) is 1. The fourth-order valence-electron chi connectivity index (χ4n) is 6.54. The molecule has 4 heterocycles. The number of nitrogens with one attached hydrogen (secondary N) is 2. The molecule has 7 rings (SSSR count). The Morgan fingerprint density at radius 1 is 1.08 bits per heavy atom. The van der Waals surface area contributed by atoms with Gasteiger partial charge in [0.05, 0.1) is 11.2 Å². The predicted molar refractivity (Wildman–Crippen MR) is 179 cm³/mol. The van der Waals surface area contributed by atoms with Crippen LogP contribution in [-0.2, 0) is 14.4 Å². The van der Waals surface area contributed by atoms with Crippen molar-refractivity contribution in [3.05, 3.63) is 69.8 Å². The summed E-state index contributed by atoms with van der Waals surface area (Å²) in [5.41, 5.74) is 6.57. The summed E-state index contributed by atoms with van der Waals surface area (Å²) in [6.07, 6.45) is 3.29. The molecule has 260 valence electrons. The Morgan fingerprint density at radius 3 is 2.33 bits per heavy atom. The van der Waals surface area contributed by atoms with Crippen molar-refractivity contribution in [3.8, 4) is 5.75 Å². The number of carboxylic acid groups (broad SMARTS) is 2. The van der Waals surface area contributed by atoms with Crippen molar-refractivity contribution in [2.24, 2.45) is 5.73 Å². The zero-order valence-electron chi connectivity index (χ0n) is 26.8. The molecular weight excluding hydrogens is 659 g/mol. The maximum Gasteiger partial charge on any atom is 0.341 e. The number of phenolic OH excluding ortho intramolecular Hbond substituents is 1. The molecule has 4 aliphatic rings. The Kier molecular flexibility index (Phi) is 9.06. The maximum atomic E-state index is 14.6. The molecule has 4 fully saturated rings. The molecule has 0 radical (unpaired) electrons. The molecule has 3 saturated heterocycles. The van der Waals surface area contributed by atoms with Crippen molar-refractivity contribution in [1.29, 1.82) is 0 Å². The number of halogens is 1. The average Bonchev–Trinajstić information content (AvgIpc) is 3.87. The van der Waals surface area contributed by atoms with Crippen LogP contribution < -0.4 is 26.7 Å². The number of carboxylic acids is 2. The van der Waals surface area contributed by atoms with Crippen LogP contribution in [0.5, 0.6) is 5.75 Å². The van der Waals surface area contributed by atoms with Gasteiger partial charge in [0.15, 0.2) is 0 Å². The molecule has 16 heteroatoms. The number of phenols is 1. The molecule has 2 aromatic carbocycles. The lowest BCUT2D eigenvalue weighted by Crippen LogP contribution is -2.71. The lowest BCUT2D eigenvalue weighted by atomic mass is 9.95. The first-order valence-corrected chi connectivity index (χ1v) is 16.7. The van der Waals surface area contributed by atoms with Gasteiger partial charge in [0.25, 0.3) is 0 Å². The molecular formula is C33H37FN6O8S. The van der Waals surface area contributed by atoms with E-state index in [2.05, 4.69) is 10.6 Å². The van der Waals surface area contributed by atoms with Crippen molar-refractivity contribution in [3.63, 3.8) is 0 Å². The second-order valence-corrected chi connectivity index (χ2v) is 14.8. The summed E-state index contributed by atoms with van der Waals surface area (Å²) >= 11 is 1.35. The zero-order valence-corrected chi connectivity index (χ0v) is 27.6. The number of aromatic nitrogens is 1. The first-order chi connectivity index (χ1) is 23.2. The normalized spacial score (nSPS) is 23.2. The minimum Gasteiger partial charge on any atom is -0.508 e. The van der Waals surface area contributed by atoms with Gasteiger partial charge in [-0.1, -0.05) is 12.1 Å². The van der Waals surface area contributed by atoms with E-state index in [1.807, 2.05) is 9.47 Å². The zero-order chi connectivity index (χ0) is 35.4. The maximum absolute atomic E-state index is 14.6. The van der Waals surface area contributed by atoms with E-state index in [1.165, 1.54) is 53.2 Å². The van der Waals surface area contributed by atoms with E-state index >= 15 is 0 Å². The molecule has 49 heavy (non-hydrogen) atoms. The van der Waals surface area contributed by atoms with Crippen LogP contribution in [0.25, 0.3) is 10.9 Å². The number of fused-ring (bicyclic) bond motifs is 2. The number of carbonyl (C=O) groups is 4. The van der Waals surface area contributed by atoms with Crippen LogP contribution in [0.1, 0.15) is 54.7 Å². The van der Waals surface area contributed by atoms with Crippen molar-refractivity contribution in [2.75, 3.05) is 31.1 Å². The van der Waals surface area contributed by atoms with Crippen molar-refractivity contribution in [1.82, 2.24) is 20.1 Å². The van der Waals surface area contributed by atoms with Gasteiger partial charge in [-0.25, -0.2) is 14.0 Å². The standard InChI is InChI=1S/C17H18FN3O3.C16H19N3O5S/c18-13-7-11-14(8-15(13)20-5-3-19-4-6-20)21(10-1-2-10)9-12(16(11)22)17(23)24;1-16(2)11(15(23)24)19-13(22)10(14(19)25-16)18-12(21)9(17)7-3-5-8(20)6-4-7/h7-10,19H,1-6H2,(H,23,24);3-6,9-11,14,20H,17H2,1-2H3,(H,18,21)(H,23,24)/t;9-,10-,11+,14-/m.1/s1. The van der Waals surface area contributed by atoms with Gasteiger partial charge >= 0.3 is 11.9 Å². The van der Waals surface area contributed by atoms with Crippen molar-refractivity contribution >= 4 is 52.1 Å². The lowest BCUT2D eigenvalue weighted by Gasteiger charge is -2.43. The minimum atomic E-state index is -1.28. The SMILES string of the molecule is CC1(C)S[C@@H]2[C@H](NC(=O)[C@H](N)c3ccc(O)cc3)C(=O)N2[C@H]1C(=O)O.O=C(O)c1cn(C2CC2)c2cc(N3CCNCC3)c(F)cc2c1=O. The lowest BCUT2D eigenvalue weighted by molar-refractivity contribution is -0.161. The van der Waals surface area contributed by atoms with E-state index in [0.29, 0.717) is 29.9 Å². The number of hydrogen-bond donors (Lipinski definition) is 6. The van der Waals surface area contributed by atoms with E-state index in [-0.39, 0.29) is 22.7 Å². The number of anilines is 1. The van der Waals surface area contributed by atoms with Crippen LogP contribution in [0, 0.1) is 5.82 Å². The Labute approximate surface area is 284 Å². The number of aliphatic carboxylic acids is 1. The molecule has 3 aromatic rings. The quantitative estimate of drug-likeness (QED) is 0.195. The summed E-state index contributed by atoms with van der Waals surface area (Å²) in [5.74, 6) is -3.69.